The van der Waals surface area contributed by atoms with Gasteiger partial charge in [-0.2, -0.15) is 0 Å². The van der Waals surface area contributed by atoms with Gasteiger partial charge in [-0.1, -0.05) is 0 Å². The van der Waals surface area contributed by atoms with Gasteiger partial charge in [-0.05, 0) is 52.4 Å². The highest BCUT2D eigenvalue weighted by atomic mass is 16.6. The van der Waals surface area contributed by atoms with Crippen LogP contribution in [0.4, 0.5) is 0 Å². The quantitative estimate of drug-likeness (QED) is 0.717. The lowest BCUT2D eigenvalue weighted by Gasteiger charge is -2.34. The molecular formula is C15H23NO3. The number of likely N-dealkylation sites (tertiary alicyclic amines) is 1. The summed E-state index contributed by atoms with van der Waals surface area (Å²) in [6.07, 6.45) is 3.92. The summed E-state index contributed by atoms with van der Waals surface area (Å²) in [4.78, 5) is 26.4. The zero-order valence-electron chi connectivity index (χ0n) is 12.1. The number of rotatable bonds is 2. The van der Waals surface area contributed by atoms with Crippen molar-refractivity contribution in [2.75, 3.05) is 13.1 Å². The summed E-state index contributed by atoms with van der Waals surface area (Å²) in [5.41, 5.74) is -0.421. The maximum atomic E-state index is 12.4. The minimum atomic E-state index is -0.444. The Morgan fingerprint density at radius 3 is 2.42 bits per heavy atom. The number of hydrogen-bond donors (Lipinski definition) is 0. The molecule has 4 heteroatoms. The molecule has 0 aromatic heterocycles. The second-order valence-electron chi connectivity index (χ2n) is 7.39. The summed E-state index contributed by atoms with van der Waals surface area (Å²) in [5.74, 6) is 0.683. The number of amides is 1. The molecule has 1 aliphatic heterocycles. The summed E-state index contributed by atoms with van der Waals surface area (Å²) in [5, 5.41) is 0. The van der Waals surface area contributed by atoms with E-state index in [2.05, 4.69) is 0 Å². The Labute approximate surface area is 114 Å². The fourth-order valence-corrected chi connectivity index (χ4v) is 3.10. The van der Waals surface area contributed by atoms with Crippen LogP contribution in [0.3, 0.4) is 0 Å². The lowest BCUT2D eigenvalue weighted by atomic mass is 9.96. The van der Waals surface area contributed by atoms with E-state index in [1.165, 1.54) is 0 Å². The Morgan fingerprint density at radius 2 is 1.89 bits per heavy atom. The number of carbonyl (C=O) groups excluding carboxylic acids is 2. The molecule has 4 nitrogen and oxygen atoms in total. The molecule has 0 radical (unpaired) electrons. The van der Waals surface area contributed by atoms with Gasteiger partial charge in [0.1, 0.15) is 5.60 Å². The van der Waals surface area contributed by atoms with Crippen LogP contribution in [0.2, 0.25) is 0 Å². The number of fused-ring (bicyclic) bond motifs is 1. The lowest BCUT2D eigenvalue weighted by molar-refractivity contribution is -0.162. The SMILES string of the molecule is CC(C)(C)OC(=O)C1CCCN(C(=O)C23CC2C3)C1. The van der Waals surface area contributed by atoms with Gasteiger partial charge >= 0.3 is 5.97 Å². The van der Waals surface area contributed by atoms with Gasteiger partial charge in [0.05, 0.1) is 11.3 Å². The first-order valence-electron chi connectivity index (χ1n) is 7.34. The predicted octanol–water partition coefficient (Wildman–Crippen LogP) is 1.98. The van der Waals surface area contributed by atoms with Crippen LogP contribution in [0.25, 0.3) is 0 Å². The Hall–Kier alpha value is -1.06. The van der Waals surface area contributed by atoms with Gasteiger partial charge in [0.2, 0.25) is 5.91 Å². The molecule has 2 saturated carbocycles. The molecule has 1 amide bonds. The summed E-state index contributed by atoms with van der Waals surface area (Å²) in [7, 11) is 0. The molecule has 0 spiro atoms. The lowest BCUT2D eigenvalue weighted by Crippen LogP contribution is -2.45. The largest absolute Gasteiger partial charge is 0.460 e. The third-order valence-electron chi connectivity index (χ3n) is 4.56. The molecule has 3 rings (SSSR count). The van der Waals surface area contributed by atoms with Gasteiger partial charge in [-0.15, -0.1) is 0 Å². The van der Waals surface area contributed by atoms with E-state index in [1.807, 2.05) is 25.7 Å². The van der Waals surface area contributed by atoms with Crippen molar-refractivity contribution in [1.82, 2.24) is 4.90 Å². The van der Waals surface area contributed by atoms with E-state index in [-0.39, 0.29) is 17.3 Å². The minimum absolute atomic E-state index is 0.0236. The summed E-state index contributed by atoms with van der Waals surface area (Å²) in [6, 6.07) is 0. The summed E-state index contributed by atoms with van der Waals surface area (Å²) in [6.45, 7) is 7.02. The predicted molar refractivity (Wildman–Crippen MR) is 70.3 cm³/mol. The van der Waals surface area contributed by atoms with Crippen LogP contribution in [0.5, 0.6) is 0 Å². The maximum absolute atomic E-state index is 12.4. The monoisotopic (exact) mass is 265 g/mol. The molecule has 1 saturated heterocycles. The molecule has 0 N–H and O–H groups in total. The van der Waals surface area contributed by atoms with Crippen molar-refractivity contribution in [1.29, 1.82) is 0 Å². The van der Waals surface area contributed by atoms with E-state index < -0.39 is 5.60 Å². The van der Waals surface area contributed by atoms with Crippen LogP contribution in [0, 0.1) is 17.3 Å². The molecule has 1 heterocycles. The molecule has 0 aromatic rings. The molecule has 0 bridgehead atoms. The Morgan fingerprint density at radius 1 is 1.26 bits per heavy atom. The maximum Gasteiger partial charge on any atom is 0.311 e. The van der Waals surface area contributed by atoms with E-state index in [4.69, 9.17) is 4.74 Å². The van der Waals surface area contributed by atoms with Gasteiger partial charge in [0.25, 0.3) is 0 Å². The van der Waals surface area contributed by atoms with Gasteiger partial charge in [0, 0.05) is 13.1 Å². The highest BCUT2D eigenvalue weighted by Gasteiger charge is 2.75. The van der Waals surface area contributed by atoms with E-state index in [9.17, 15) is 9.59 Å². The van der Waals surface area contributed by atoms with Crippen LogP contribution in [0.1, 0.15) is 46.5 Å². The normalized spacial score (nSPS) is 36.5. The van der Waals surface area contributed by atoms with E-state index >= 15 is 0 Å². The third kappa shape index (κ3) is 2.37. The van der Waals surface area contributed by atoms with Gasteiger partial charge < -0.3 is 9.64 Å². The Balaban J connectivity index is 1.58. The van der Waals surface area contributed by atoms with Crippen molar-refractivity contribution in [2.24, 2.45) is 17.3 Å². The third-order valence-corrected chi connectivity index (χ3v) is 4.56. The molecule has 0 aromatic carbocycles. The summed E-state index contributed by atoms with van der Waals surface area (Å²) >= 11 is 0. The van der Waals surface area contributed by atoms with Gasteiger partial charge in [-0.25, -0.2) is 0 Å². The van der Waals surface area contributed by atoms with E-state index in [1.54, 1.807) is 0 Å². The minimum Gasteiger partial charge on any atom is -0.460 e. The Kier molecular flexibility index (Phi) is 2.70. The van der Waals surface area contributed by atoms with Crippen molar-refractivity contribution in [3.63, 3.8) is 0 Å². The van der Waals surface area contributed by atoms with Crippen LogP contribution in [-0.2, 0) is 14.3 Å². The highest BCUT2D eigenvalue weighted by molar-refractivity contribution is 5.90. The first-order valence-corrected chi connectivity index (χ1v) is 7.34. The van der Waals surface area contributed by atoms with Crippen molar-refractivity contribution >= 4 is 11.9 Å². The molecule has 1 unspecified atom stereocenters. The number of esters is 1. The van der Waals surface area contributed by atoms with Crippen LogP contribution >= 0.6 is 0 Å². The van der Waals surface area contributed by atoms with E-state index in [0.717, 1.165) is 32.2 Å². The zero-order valence-corrected chi connectivity index (χ0v) is 12.1. The molecule has 2 aliphatic carbocycles. The zero-order chi connectivity index (χ0) is 13.8. The fraction of sp³-hybridized carbons (Fsp3) is 0.867. The number of hydrogen-bond acceptors (Lipinski definition) is 3. The first-order chi connectivity index (χ1) is 8.82. The second-order valence-corrected chi connectivity index (χ2v) is 7.39. The molecule has 1 atom stereocenters. The Bertz CT molecular complexity index is 418. The fourth-order valence-electron chi connectivity index (χ4n) is 3.10. The average Bonchev–Trinajstić information content (AvgIpc) is 3.14. The molecule has 19 heavy (non-hydrogen) atoms. The highest BCUT2D eigenvalue weighted by Crippen LogP contribution is 2.76. The number of nitrogens with zero attached hydrogens (tertiary/aromatic N) is 1. The van der Waals surface area contributed by atoms with Crippen LogP contribution in [-0.4, -0.2) is 35.5 Å². The average molecular weight is 265 g/mol. The smallest absolute Gasteiger partial charge is 0.311 e. The van der Waals surface area contributed by atoms with Crippen molar-refractivity contribution in [3.8, 4) is 0 Å². The van der Waals surface area contributed by atoms with Crippen LogP contribution < -0.4 is 0 Å². The van der Waals surface area contributed by atoms with Crippen molar-refractivity contribution in [3.05, 3.63) is 0 Å². The van der Waals surface area contributed by atoms with Gasteiger partial charge in [-0.3, -0.25) is 9.59 Å². The standard InChI is InChI=1S/C15H23NO3/c1-14(2,3)19-12(17)10-5-4-6-16(9-10)13(18)15-7-11(15)8-15/h10-11H,4-9H2,1-3H3. The molecular weight excluding hydrogens is 242 g/mol. The van der Waals surface area contributed by atoms with Gasteiger partial charge in [0.15, 0.2) is 0 Å². The first kappa shape index (κ1) is 12.9. The number of carbonyl (C=O) groups is 2. The molecule has 3 aliphatic rings. The van der Waals surface area contributed by atoms with E-state index in [0.29, 0.717) is 18.4 Å². The van der Waals surface area contributed by atoms with Crippen molar-refractivity contribution in [2.45, 2.75) is 52.1 Å². The molecule has 106 valence electrons. The second kappa shape index (κ2) is 3.97. The number of piperidine rings is 1. The topological polar surface area (TPSA) is 46.6 Å². The van der Waals surface area contributed by atoms with Crippen molar-refractivity contribution < 1.29 is 14.3 Å². The number of ether oxygens (including phenoxy) is 1. The molecule has 3 fully saturated rings. The van der Waals surface area contributed by atoms with Crippen LogP contribution in [0.15, 0.2) is 0 Å². The summed E-state index contributed by atoms with van der Waals surface area (Å²) < 4.78 is 5.44.